The molecule has 2 amide bonds. The monoisotopic (exact) mass is 611 g/mol. The Labute approximate surface area is 250 Å². The Kier molecular flexibility index (Phi) is 9.49. The normalized spacial score (nSPS) is 10.3. The van der Waals surface area contributed by atoms with Crippen LogP contribution in [-0.2, 0) is 0 Å². The van der Waals surface area contributed by atoms with Crippen LogP contribution in [0, 0.1) is 0 Å². The molecule has 14 heteroatoms. The first kappa shape index (κ1) is 29.5. The van der Waals surface area contributed by atoms with Crippen LogP contribution in [0.5, 0.6) is 23.0 Å². The predicted octanol–water partition coefficient (Wildman–Crippen LogP) is 4.58. The summed E-state index contributed by atoms with van der Waals surface area (Å²) in [5, 5.41) is 11.9. The lowest BCUT2D eigenvalue weighted by Gasteiger charge is -2.11. The molecular weight excluding hydrogens is 587 g/mol. The van der Waals surface area contributed by atoms with Gasteiger partial charge in [0.1, 0.15) is 0 Å². The molecule has 4 aromatic rings. The molecule has 0 spiro atoms. The minimum absolute atomic E-state index is 0.0845. The summed E-state index contributed by atoms with van der Waals surface area (Å²) in [5.41, 5.74) is 2.06. The Morgan fingerprint density at radius 3 is 1.71 bits per heavy atom. The topological polar surface area (TPSA) is 132 Å². The molecule has 0 radical (unpaired) electrons. The molecule has 4 N–H and O–H groups in total. The SMILES string of the molecule is COc1ccc(C(=O)NC(=S)Nc2ccc3nc(NC(=S)NC(=O)c4ccc(OC)c(OC)c4)sc3c2)cc1OC. The number of anilines is 2. The van der Waals surface area contributed by atoms with Gasteiger partial charge in [0.2, 0.25) is 0 Å². The number of rotatable bonds is 8. The van der Waals surface area contributed by atoms with Crippen molar-refractivity contribution in [3.63, 3.8) is 0 Å². The molecule has 0 atom stereocenters. The van der Waals surface area contributed by atoms with Gasteiger partial charge in [-0.15, -0.1) is 0 Å². The van der Waals surface area contributed by atoms with Gasteiger partial charge in [-0.05, 0) is 79.0 Å². The molecule has 1 heterocycles. The lowest BCUT2D eigenvalue weighted by atomic mass is 10.2. The van der Waals surface area contributed by atoms with Crippen molar-refractivity contribution >= 4 is 78.8 Å². The molecule has 0 unspecified atom stereocenters. The molecule has 0 fully saturated rings. The third-order valence-corrected chi connectivity index (χ3v) is 6.95. The molecule has 0 aliphatic rings. The smallest absolute Gasteiger partial charge is 0.257 e. The van der Waals surface area contributed by atoms with Gasteiger partial charge in [-0.3, -0.25) is 20.2 Å². The van der Waals surface area contributed by atoms with Crippen molar-refractivity contribution in [1.82, 2.24) is 15.6 Å². The molecule has 0 bridgehead atoms. The van der Waals surface area contributed by atoms with E-state index in [9.17, 15) is 9.59 Å². The fourth-order valence-corrected chi connectivity index (χ4v) is 5.03. The molecule has 3 aromatic carbocycles. The summed E-state index contributed by atoms with van der Waals surface area (Å²) in [6, 6.07) is 15.0. The highest BCUT2D eigenvalue weighted by atomic mass is 32.1. The number of amides is 2. The molecule has 0 saturated heterocycles. The summed E-state index contributed by atoms with van der Waals surface area (Å²) in [6.45, 7) is 0. The van der Waals surface area contributed by atoms with Crippen LogP contribution in [0.1, 0.15) is 20.7 Å². The summed E-state index contributed by atoms with van der Waals surface area (Å²) < 4.78 is 21.7. The third kappa shape index (κ3) is 7.16. The fraction of sp³-hybridized carbons (Fsp3) is 0.148. The van der Waals surface area contributed by atoms with E-state index in [0.717, 1.165) is 4.70 Å². The van der Waals surface area contributed by atoms with E-state index in [-0.39, 0.29) is 10.2 Å². The number of carbonyl (C=O) groups is 2. The zero-order valence-electron chi connectivity index (χ0n) is 22.3. The summed E-state index contributed by atoms with van der Waals surface area (Å²) >= 11 is 11.9. The minimum atomic E-state index is -0.417. The summed E-state index contributed by atoms with van der Waals surface area (Å²) in [4.78, 5) is 29.8. The highest BCUT2D eigenvalue weighted by molar-refractivity contribution is 7.80. The second-order valence-corrected chi connectivity index (χ2v) is 10.0. The van der Waals surface area contributed by atoms with Gasteiger partial charge in [-0.25, -0.2) is 4.98 Å². The van der Waals surface area contributed by atoms with Gasteiger partial charge in [0.05, 0.1) is 38.7 Å². The van der Waals surface area contributed by atoms with Crippen molar-refractivity contribution in [3.8, 4) is 23.0 Å². The van der Waals surface area contributed by atoms with Crippen LogP contribution in [-0.4, -0.2) is 55.5 Å². The van der Waals surface area contributed by atoms with E-state index < -0.39 is 11.8 Å². The molecule has 11 nitrogen and oxygen atoms in total. The van der Waals surface area contributed by atoms with Crippen molar-refractivity contribution in [3.05, 3.63) is 65.7 Å². The maximum absolute atomic E-state index is 12.7. The number of methoxy groups -OCH3 is 4. The summed E-state index contributed by atoms with van der Waals surface area (Å²) in [5.74, 6) is 1.05. The molecule has 0 aliphatic heterocycles. The Hall–Kier alpha value is -4.53. The number of fused-ring (bicyclic) bond motifs is 1. The van der Waals surface area contributed by atoms with E-state index in [0.29, 0.717) is 50.5 Å². The minimum Gasteiger partial charge on any atom is -0.493 e. The first-order valence-electron chi connectivity index (χ1n) is 11.8. The number of carbonyl (C=O) groups excluding carboxylic acids is 2. The van der Waals surface area contributed by atoms with Crippen LogP contribution < -0.4 is 40.2 Å². The zero-order chi connectivity index (χ0) is 29.5. The van der Waals surface area contributed by atoms with Gasteiger partial charge in [-0.2, -0.15) is 0 Å². The van der Waals surface area contributed by atoms with E-state index >= 15 is 0 Å². The molecule has 41 heavy (non-hydrogen) atoms. The van der Waals surface area contributed by atoms with E-state index in [4.69, 9.17) is 43.4 Å². The van der Waals surface area contributed by atoms with Crippen molar-refractivity contribution in [1.29, 1.82) is 0 Å². The molecule has 0 aliphatic carbocycles. The standard InChI is InChI=1S/C27H25N5O6S3/c1-35-18-9-5-14(11-20(18)37-3)23(33)30-25(39)28-16-7-8-17-22(13-16)41-27(29-17)32-26(40)31-24(34)15-6-10-19(36-2)21(12-15)38-4/h5-13H,1-4H3,(H2,28,30,33,39)(H2,29,31,32,34,40). The number of nitrogens with zero attached hydrogens (tertiary/aromatic N) is 1. The van der Waals surface area contributed by atoms with Crippen molar-refractivity contribution in [2.75, 3.05) is 39.1 Å². The van der Waals surface area contributed by atoms with Crippen LogP contribution in [0.15, 0.2) is 54.6 Å². The van der Waals surface area contributed by atoms with E-state index in [2.05, 4.69) is 26.3 Å². The number of aromatic nitrogens is 1. The maximum atomic E-state index is 12.7. The number of hydrogen-bond donors (Lipinski definition) is 4. The molecule has 0 saturated carbocycles. The second kappa shape index (κ2) is 13.2. The van der Waals surface area contributed by atoms with Crippen molar-refractivity contribution < 1.29 is 28.5 Å². The molecule has 4 rings (SSSR count). The van der Waals surface area contributed by atoms with E-state index in [1.54, 1.807) is 48.5 Å². The fourth-order valence-electron chi connectivity index (χ4n) is 3.65. The van der Waals surface area contributed by atoms with Gasteiger partial charge in [0, 0.05) is 16.8 Å². The first-order valence-corrected chi connectivity index (χ1v) is 13.5. The molecule has 212 valence electrons. The lowest BCUT2D eigenvalue weighted by Crippen LogP contribution is -2.34. The van der Waals surface area contributed by atoms with E-state index in [1.165, 1.54) is 39.8 Å². The number of nitrogens with one attached hydrogen (secondary N) is 4. The Bertz CT molecular complexity index is 1560. The van der Waals surface area contributed by atoms with Crippen LogP contribution in [0.2, 0.25) is 0 Å². The number of thiocarbonyl (C=S) groups is 2. The third-order valence-electron chi connectivity index (χ3n) is 5.61. The number of thiazole rings is 1. The van der Waals surface area contributed by atoms with Crippen molar-refractivity contribution in [2.45, 2.75) is 0 Å². The quantitative estimate of drug-likeness (QED) is 0.209. The zero-order valence-corrected chi connectivity index (χ0v) is 24.8. The predicted molar refractivity (Wildman–Crippen MR) is 166 cm³/mol. The number of hydrogen-bond acceptors (Lipinski definition) is 10. The van der Waals surface area contributed by atoms with Gasteiger partial charge < -0.3 is 29.6 Å². The molecule has 1 aromatic heterocycles. The largest absolute Gasteiger partial charge is 0.493 e. The highest BCUT2D eigenvalue weighted by Gasteiger charge is 2.15. The number of benzene rings is 3. The summed E-state index contributed by atoms with van der Waals surface area (Å²) in [7, 11) is 6.01. The summed E-state index contributed by atoms with van der Waals surface area (Å²) in [6.07, 6.45) is 0. The lowest BCUT2D eigenvalue weighted by molar-refractivity contribution is 0.0969. The van der Waals surface area contributed by atoms with Crippen molar-refractivity contribution in [2.24, 2.45) is 0 Å². The highest BCUT2D eigenvalue weighted by Crippen LogP contribution is 2.30. The van der Waals surface area contributed by atoms with Crippen LogP contribution in [0.4, 0.5) is 10.8 Å². The van der Waals surface area contributed by atoms with Gasteiger partial charge in [0.15, 0.2) is 38.4 Å². The average molecular weight is 612 g/mol. The second-order valence-electron chi connectivity index (χ2n) is 8.16. The van der Waals surface area contributed by atoms with Gasteiger partial charge >= 0.3 is 0 Å². The number of ether oxygens (including phenoxy) is 4. The Morgan fingerprint density at radius 1 is 0.683 bits per heavy atom. The first-order chi connectivity index (χ1) is 19.7. The average Bonchev–Trinajstić information content (AvgIpc) is 3.37. The Morgan fingerprint density at radius 2 is 1.20 bits per heavy atom. The maximum Gasteiger partial charge on any atom is 0.257 e. The molecular formula is C27H25N5O6S3. The van der Waals surface area contributed by atoms with Crippen LogP contribution in [0.3, 0.4) is 0 Å². The van der Waals surface area contributed by atoms with Crippen LogP contribution in [0.25, 0.3) is 10.2 Å². The Balaban J connectivity index is 1.36. The van der Waals surface area contributed by atoms with E-state index in [1.807, 2.05) is 6.07 Å². The van der Waals surface area contributed by atoms with Crippen LogP contribution >= 0.6 is 35.8 Å². The van der Waals surface area contributed by atoms with Gasteiger partial charge in [-0.1, -0.05) is 11.3 Å². The van der Waals surface area contributed by atoms with Gasteiger partial charge in [0.25, 0.3) is 11.8 Å².